The van der Waals surface area contributed by atoms with Gasteiger partial charge in [0.1, 0.15) is 5.52 Å². The molecule has 6 heteroatoms. The number of aromatic nitrogens is 2. The number of hydrogen-bond acceptors (Lipinski definition) is 3. The van der Waals surface area contributed by atoms with E-state index in [9.17, 15) is 10.0 Å². The zero-order chi connectivity index (χ0) is 13.6. The van der Waals surface area contributed by atoms with E-state index in [0.29, 0.717) is 20.8 Å². The van der Waals surface area contributed by atoms with Crippen LogP contribution >= 0.6 is 11.6 Å². The molecule has 0 saturated carbocycles. The van der Waals surface area contributed by atoms with Gasteiger partial charge < -0.3 is 10.3 Å². The van der Waals surface area contributed by atoms with Crippen molar-refractivity contribution in [2.45, 2.75) is 0 Å². The van der Waals surface area contributed by atoms with Gasteiger partial charge in [-0.1, -0.05) is 17.7 Å². The first-order valence-electron chi connectivity index (χ1n) is 5.43. The minimum absolute atomic E-state index is 0.0102. The summed E-state index contributed by atoms with van der Waals surface area (Å²) >= 11 is 5.86. The first-order valence-corrected chi connectivity index (χ1v) is 5.80. The molecule has 1 aromatic heterocycles. The van der Waals surface area contributed by atoms with Crippen molar-refractivity contribution in [1.82, 2.24) is 4.98 Å². The maximum absolute atomic E-state index is 12.2. The third-order valence-electron chi connectivity index (χ3n) is 2.85. The predicted octanol–water partition coefficient (Wildman–Crippen LogP) is 2.37. The molecule has 3 rings (SSSR count). The molecule has 0 aliphatic heterocycles. The molecule has 5 nitrogen and oxygen atoms in total. The van der Waals surface area contributed by atoms with Crippen LogP contribution in [0.2, 0.25) is 5.02 Å². The molecule has 0 fully saturated rings. The highest BCUT2D eigenvalue weighted by atomic mass is 35.5. The average Bonchev–Trinajstić information content (AvgIpc) is 2.37. The van der Waals surface area contributed by atoms with Crippen LogP contribution in [0.3, 0.4) is 0 Å². The van der Waals surface area contributed by atoms with Crippen molar-refractivity contribution in [2.75, 3.05) is 0 Å². The molecule has 1 heterocycles. The van der Waals surface area contributed by atoms with E-state index in [-0.39, 0.29) is 16.6 Å². The largest absolute Gasteiger partial charge is 0.618 e. The summed E-state index contributed by atoms with van der Waals surface area (Å²) in [6, 6.07) is 9.15. The third-order valence-corrected chi connectivity index (χ3v) is 3.09. The Morgan fingerprint density at radius 3 is 2.79 bits per heavy atom. The number of para-hydroxylation sites is 1. The van der Waals surface area contributed by atoms with E-state index in [0.717, 1.165) is 0 Å². The van der Waals surface area contributed by atoms with Gasteiger partial charge in [-0.3, -0.25) is 0 Å². The lowest BCUT2D eigenvalue weighted by Crippen LogP contribution is -2.29. The van der Waals surface area contributed by atoms with E-state index in [1.807, 2.05) is 0 Å². The van der Waals surface area contributed by atoms with E-state index >= 15 is 0 Å². The molecule has 94 valence electrons. The van der Waals surface area contributed by atoms with Crippen molar-refractivity contribution in [1.29, 1.82) is 0 Å². The van der Waals surface area contributed by atoms with E-state index in [1.165, 1.54) is 24.3 Å². The van der Waals surface area contributed by atoms with Crippen molar-refractivity contribution < 1.29 is 14.6 Å². The quantitative estimate of drug-likeness (QED) is 0.420. The topological polar surface area (TPSA) is 77.1 Å². The number of carbonyl (C=O) groups is 1. The van der Waals surface area contributed by atoms with Gasteiger partial charge in [-0.2, -0.15) is 4.73 Å². The Hall–Kier alpha value is -2.40. The number of hydrogen-bond donors (Lipinski definition) is 1. The zero-order valence-corrected chi connectivity index (χ0v) is 10.3. The highest BCUT2D eigenvalue weighted by Gasteiger charge is 2.18. The summed E-state index contributed by atoms with van der Waals surface area (Å²) in [7, 11) is 0. The smallest absolute Gasteiger partial charge is 0.338 e. The first-order chi connectivity index (χ1) is 9.08. The second kappa shape index (κ2) is 4.07. The molecule has 0 radical (unpaired) electrons. The lowest BCUT2D eigenvalue weighted by molar-refractivity contribution is -0.548. The van der Waals surface area contributed by atoms with Gasteiger partial charge in [0.05, 0.1) is 5.56 Å². The van der Waals surface area contributed by atoms with Crippen molar-refractivity contribution in [2.24, 2.45) is 0 Å². The minimum atomic E-state index is -1.13. The second-order valence-electron chi connectivity index (χ2n) is 4.02. The number of nitrogens with zero attached hydrogens (tertiary/aromatic N) is 2. The second-order valence-corrected chi connectivity index (χ2v) is 4.45. The molecular formula is C13H7ClN2O3. The molecule has 3 aromatic rings. The highest BCUT2D eigenvalue weighted by molar-refractivity contribution is 6.31. The Morgan fingerprint density at radius 1 is 1.26 bits per heavy atom. The summed E-state index contributed by atoms with van der Waals surface area (Å²) in [6.07, 6.45) is 0. The van der Waals surface area contributed by atoms with E-state index in [1.54, 1.807) is 12.1 Å². The summed E-state index contributed by atoms with van der Waals surface area (Å²) in [4.78, 5) is 15.4. The number of carboxylic acid groups (broad SMARTS) is 1. The molecule has 0 atom stereocenters. The highest BCUT2D eigenvalue weighted by Crippen LogP contribution is 2.20. The summed E-state index contributed by atoms with van der Waals surface area (Å²) in [5.74, 6) is -1.13. The van der Waals surface area contributed by atoms with Crippen molar-refractivity contribution in [3.05, 3.63) is 52.2 Å². The van der Waals surface area contributed by atoms with Crippen LogP contribution in [0.15, 0.2) is 36.4 Å². The number of aromatic carboxylic acids is 1. The van der Waals surface area contributed by atoms with Gasteiger partial charge in [0.2, 0.25) is 11.0 Å². The van der Waals surface area contributed by atoms with Crippen LogP contribution in [0.4, 0.5) is 0 Å². The standard InChI is InChI=1S/C13H7ClN2O3/c14-7-4-5-10-9(6-7)15-12-8(13(17)18)2-1-3-11(12)16(10)19/h1-6H,(H,17,18). The fourth-order valence-corrected chi connectivity index (χ4v) is 2.16. The SMILES string of the molecule is O=C(O)c1cccc2c1nc1cc(Cl)ccc1[n+]2[O-]. The van der Waals surface area contributed by atoms with Crippen LogP contribution in [0.1, 0.15) is 10.4 Å². The van der Waals surface area contributed by atoms with Gasteiger partial charge in [0, 0.05) is 17.2 Å². The fraction of sp³-hybridized carbons (Fsp3) is 0. The van der Waals surface area contributed by atoms with Crippen molar-refractivity contribution in [3.8, 4) is 0 Å². The summed E-state index contributed by atoms with van der Waals surface area (Å²) in [5, 5.41) is 21.8. The Kier molecular flexibility index (Phi) is 2.50. The summed E-state index contributed by atoms with van der Waals surface area (Å²) in [5.41, 5.74) is 1.07. The van der Waals surface area contributed by atoms with Crippen LogP contribution in [0.5, 0.6) is 0 Å². The van der Waals surface area contributed by atoms with Crippen molar-refractivity contribution >= 4 is 39.6 Å². The maximum atomic E-state index is 12.2. The molecule has 0 aliphatic rings. The number of benzene rings is 2. The molecule has 0 amide bonds. The van der Waals surface area contributed by atoms with Gasteiger partial charge in [0.15, 0.2) is 5.52 Å². The molecule has 0 unspecified atom stereocenters. The van der Waals surface area contributed by atoms with E-state index in [4.69, 9.17) is 16.7 Å². The van der Waals surface area contributed by atoms with Gasteiger partial charge in [-0.25, -0.2) is 9.78 Å². The fourth-order valence-electron chi connectivity index (χ4n) is 1.99. The third kappa shape index (κ3) is 1.75. The van der Waals surface area contributed by atoms with Crippen LogP contribution < -0.4 is 4.73 Å². The van der Waals surface area contributed by atoms with Crippen LogP contribution in [-0.4, -0.2) is 16.1 Å². The number of carboxylic acids is 1. The molecule has 0 aliphatic carbocycles. The summed E-state index contributed by atoms with van der Waals surface area (Å²) in [6.45, 7) is 0. The lowest BCUT2D eigenvalue weighted by atomic mass is 10.1. The molecule has 19 heavy (non-hydrogen) atoms. The Labute approximate surface area is 112 Å². The predicted molar refractivity (Wildman–Crippen MR) is 70.2 cm³/mol. The van der Waals surface area contributed by atoms with E-state index in [2.05, 4.69) is 4.98 Å². The molecule has 1 N–H and O–H groups in total. The number of halogens is 1. The van der Waals surface area contributed by atoms with Crippen LogP contribution in [-0.2, 0) is 0 Å². The van der Waals surface area contributed by atoms with Crippen LogP contribution in [0.25, 0.3) is 22.1 Å². The monoisotopic (exact) mass is 274 g/mol. The molecule has 0 saturated heterocycles. The average molecular weight is 275 g/mol. The Morgan fingerprint density at radius 2 is 2.05 bits per heavy atom. The van der Waals surface area contributed by atoms with E-state index < -0.39 is 5.97 Å². The Balaban J connectivity index is 2.54. The zero-order valence-electron chi connectivity index (χ0n) is 9.50. The summed E-state index contributed by atoms with van der Waals surface area (Å²) < 4.78 is 0.667. The molecule has 0 bridgehead atoms. The number of rotatable bonds is 1. The lowest BCUT2D eigenvalue weighted by Gasteiger charge is -2.06. The first kappa shape index (κ1) is 11.7. The Bertz CT molecular complexity index is 833. The number of fused-ring (bicyclic) bond motifs is 2. The minimum Gasteiger partial charge on any atom is -0.618 e. The molecule has 2 aromatic carbocycles. The molecular weight excluding hydrogens is 268 g/mol. The van der Waals surface area contributed by atoms with Gasteiger partial charge in [0.25, 0.3) is 0 Å². The maximum Gasteiger partial charge on any atom is 0.338 e. The van der Waals surface area contributed by atoms with Crippen molar-refractivity contribution in [3.63, 3.8) is 0 Å². The van der Waals surface area contributed by atoms with Gasteiger partial charge >= 0.3 is 5.97 Å². The normalized spacial score (nSPS) is 11.0. The van der Waals surface area contributed by atoms with Gasteiger partial charge in [-0.15, -0.1) is 0 Å². The van der Waals surface area contributed by atoms with Gasteiger partial charge in [-0.05, 0) is 18.2 Å². The molecule has 0 spiro atoms. The van der Waals surface area contributed by atoms with Crippen LogP contribution in [0, 0.1) is 5.21 Å².